The van der Waals surface area contributed by atoms with Gasteiger partial charge in [0.1, 0.15) is 5.82 Å². The van der Waals surface area contributed by atoms with Crippen LogP contribution in [0.4, 0.5) is 28.9 Å². The first-order valence-corrected chi connectivity index (χ1v) is 10.3. The van der Waals surface area contributed by atoms with Gasteiger partial charge in [0.05, 0.1) is 40.7 Å². The first-order chi connectivity index (χ1) is 15.9. The number of alkyl halides is 3. The molecule has 2 heterocycles. The van der Waals surface area contributed by atoms with E-state index in [-0.39, 0.29) is 47.2 Å². The quantitative estimate of drug-likeness (QED) is 0.521. The molecule has 0 aromatic heterocycles. The number of thiocarbonyl (C=S) groups is 1. The minimum atomic E-state index is -4.84. The van der Waals surface area contributed by atoms with E-state index in [1.807, 2.05) is 0 Å². The Hall–Kier alpha value is -3.56. The Morgan fingerprint density at radius 2 is 2.00 bits per heavy atom. The molecule has 0 saturated carbocycles. The van der Waals surface area contributed by atoms with Gasteiger partial charge in [-0.15, -0.1) is 0 Å². The molecule has 0 radical (unpaired) electrons. The van der Waals surface area contributed by atoms with E-state index in [1.165, 1.54) is 30.0 Å². The third-order valence-electron chi connectivity index (χ3n) is 5.96. The Labute approximate surface area is 196 Å². The lowest BCUT2D eigenvalue weighted by atomic mass is 9.94. The number of carbonyl (C=O) groups excluding carboxylic acids is 2. The van der Waals surface area contributed by atoms with Crippen LogP contribution in [0.1, 0.15) is 33.5 Å². The fourth-order valence-electron chi connectivity index (χ4n) is 4.24. The van der Waals surface area contributed by atoms with Crippen molar-refractivity contribution in [2.45, 2.75) is 25.1 Å². The van der Waals surface area contributed by atoms with Gasteiger partial charge in [-0.25, -0.2) is 4.39 Å². The Balaban J connectivity index is 1.89. The lowest BCUT2D eigenvalue weighted by Gasteiger charge is -2.32. The monoisotopic (exact) mass is 492 g/mol. The molecule has 1 unspecified atom stereocenters. The third kappa shape index (κ3) is 3.39. The number of nitrogens with two attached hydrogens (primary N) is 1. The van der Waals surface area contributed by atoms with Gasteiger partial charge in [-0.1, -0.05) is 0 Å². The number of rotatable bonds is 3. The molecule has 2 aromatic carbocycles. The molecule has 2 N–H and O–H groups in total. The van der Waals surface area contributed by atoms with Crippen LogP contribution in [0.2, 0.25) is 0 Å². The van der Waals surface area contributed by atoms with E-state index in [2.05, 4.69) is 0 Å². The molecule has 2 aromatic rings. The summed E-state index contributed by atoms with van der Waals surface area (Å²) in [6, 6.07) is 6.85. The average Bonchev–Trinajstić information content (AvgIpc) is 3.33. The van der Waals surface area contributed by atoms with Crippen molar-refractivity contribution in [3.63, 3.8) is 0 Å². The van der Waals surface area contributed by atoms with Crippen LogP contribution < -0.4 is 15.5 Å². The van der Waals surface area contributed by atoms with Crippen molar-refractivity contribution < 1.29 is 31.9 Å². The van der Waals surface area contributed by atoms with Crippen molar-refractivity contribution >= 4 is 40.5 Å². The first kappa shape index (κ1) is 23.6. The number of hydrogen-bond donors (Lipinski definition) is 1. The molecule has 7 nitrogen and oxygen atoms in total. The molecule has 0 aliphatic carbocycles. The zero-order valence-electron chi connectivity index (χ0n) is 17.6. The van der Waals surface area contributed by atoms with Crippen LogP contribution in [0.5, 0.6) is 0 Å². The van der Waals surface area contributed by atoms with E-state index < -0.39 is 40.5 Å². The van der Waals surface area contributed by atoms with E-state index in [0.29, 0.717) is 6.07 Å². The van der Waals surface area contributed by atoms with Gasteiger partial charge in [0.25, 0.3) is 11.8 Å². The van der Waals surface area contributed by atoms with Crippen molar-refractivity contribution in [2.75, 3.05) is 23.0 Å². The second-order valence-electron chi connectivity index (χ2n) is 7.87. The van der Waals surface area contributed by atoms with E-state index >= 15 is 0 Å². The summed E-state index contributed by atoms with van der Waals surface area (Å²) in [5, 5.41) is 8.88. The smallest absolute Gasteiger partial charge is 0.378 e. The predicted molar refractivity (Wildman–Crippen MR) is 117 cm³/mol. The van der Waals surface area contributed by atoms with Gasteiger partial charge in [0, 0.05) is 18.6 Å². The highest BCUT2D eigenvalue weighted by Gasteiger charge is 2.59. The van der Waals surface area contributed by atoms with Crippen LogP contribution in [0.15, 0.2) is 30.3 Å². The van der Waals surface area contributed by atoms with Crippen LogP contribution in [0.25, 0.3) is 0 Å². The van der Waals surface area contributed by atoms with Crippen molar-refractivity contribution in [2.24, 2.45) is 5.73 Å². The number of amides is 2. The summed E-state index contributed by atoms with van der Waals surface area (Å²) in [6.07, 6.45) is -4.70. The summed E-state index contributed by atoms with van der Waals surface area (Å²) in [5.74, 6) is -2.53. The lowest BCUT2D eigenvalue weighted by Crippen LogP contribution is -2.51. The van der Waals surface area contributed by atoms with Gasteiger partial charge in [-0.3, -0.25) is 14.5 Å². The summed E-state index contributed by atoms with van der Waals surface area (Å²) in [7, 11) is 0. The third-order valence-corrected chi connectivity index (χ3v) is 6.33. The average molecular weight is 492 g/mol. The second kappa shape index (κ2) is 8.03. The number of carbonyl (C=O) groups is 2. The topological polar surface area (TPSA) is 99.7 Å². The lowest BCUT2D eigenvalue weighted by molar-refractivity contribution is -0.137. The van der Waals surface area contributed by atoms with Crippen molar-refractivity contribution in [3.05, 3.63) is 58.4 Å². The largest absolute Gasteiger partial charge is 0.417 e. The molecule has 176 valence electrons. The molecule has 2 saturated heterocycles. The van der Waals surface area contributed by atoms with E-state index in [1.54, 1.807) is 0 Å². The van der Waals surface area contributed by atoms with E-state index in [0.717, 1.165) is 17.0 Å². The first-order valence-electron chi connectivity index (χ1n) is 9.91. The number of benzene rings is 2. The fraction of sp³-hybridized carbons (Fsp3) is 0.273. The number of nitriles is 1. The number of primary amides is 1. The van der Waals surface area contributed by atoms with Crippen molar-refractivity contribution in [1.82, 2.24) is 0 Å². The van der Waals surface area contributed by atoms with Gasteiger partial charge in [0.2, 0.25) is 0 Å². The number of halogens is 4. The number of nitrogens with zero attached hydrogens (tertiary/aromatic N) is 3. The summed E-state index contributed by atoms with van der Waals surface area (Å²) in [4.78, 5) is 27.4. The molecule has 34 heavy (non-hydrogen) atoms. The molecule has 4 rings (SSSR count). The minimum Gasteiger partial charge on any atom is -0.378 e. The van der Waals surface area contributed by atoms with Gasteiger partial charge < -0.3 is 15.4 Å². The minimum absolute atomic E-state index is 0.0182. The van der Waals surface area contributed by atoms with Gasteiger partial charge >= 0.3 is 6.18 Å². The highest BCUT2D eigenvalue weighted by molar-refractivity contribution is 7.81. The predicted octanol–water partition coefficient (Wildman–Crippen LogP) is 3.42. The number of hydrogen-bond acceptors (Lipinski definition) is 5. The van der Waals surface area contributed by atoms with Crippen LogP contribution >= 0.6 is 12.2 Å². The molecule has 1 spiro atoms. The van der Waals surface area contributed by atoms with Gasteiger partial charge in [-0.05, 0) is 49.5 Å². The maximum atomic E-state index is 14.9. The molecular weight excluding hydrogens is 476 g/mol. The van der Waals surface area contributed by atoms with Crippen LogP contribution in [0, 0.1) is 24.1 Å². The zero-order valence-corrected chi connectivity index (χ0v) is 18.4. The molecule has 12 heteroatoms. The molecule has 1 atom stereocenters. The normalized spacial score (nSPS) is 20.4. The second-order valence-corrected chi connectivity index (χ2v) is 8.23. The Bertz CT molecular complexity index is 1280. The maximum Gasteiger partial charge on any atom is 0.417 e. The number of ether oxygens (including phenoxy) is 1. The Morgan fingerprint density at radius 1 is 1.29 bits per heavy atom. The summed E-state index contributed by atoms with van der Waals surface area (Å²) < 4.78 is 60.9. The molecule has 2 aliphatic heterocycles. The molecule has 2 aliphatic rings. The zero-order chi connectivity index (χ0) is 25.0. The fourth-order valence-corrected chi connectivity index (χ4v) is 4.71. The van der Waals surface area contributed by atoms with Crippen molar-refractivity contribution in [1.29, 1.82) is 5.26 Å². The molecule has 2 fully saturated rings. The standard InChI is InChI=1S/C22H16F4N4O3S/c1-11-16(5-4-14(17(11)23)18(28)31)30-20(34)29(19(32)21(30)6-7-33-10-21)13-3-2-12(9-27)15(8-13)22(24,25)26/h2-5,8H,6-7,10H2,1H3,(H2,28,31). The maximum absolute atomic E-state index is 14.9. The Kier molecular flexibility index (Phi) is 5.58. The summed E-state index contributed by atoms with van der Waals surface area (Å²) in [6.45, 7) is 1.41. The highest BCUT2D eigenvalue weighted by atomic mass is 32.1. The molecule has 0 bridgehead atoms. The van der Waals surface area contributed by atoms with E-state index in [4.69, 9.17) is 28.0 Å². The Morgan fingerprint density at radius 3 is 2.56 bits per heavy atom. The number of anilines is 2. The summed E-state index contributed by atoms with van der Waals surface area (Å²) >= 11 is 5.51. The van der Waals surface area contributed by atoms with Crippen LogP contribution in [-0.4, -0.2) is 35.7 Å². The SMILES string of the molecule is Cc1c(N2C(=S)N(c3ccc(C#N)c(C(F)(F)F)c3)C(=O)C23CCOC3)ccc(C(N)=O)c1F. The summed E-state index contributed by atoms with van der Waals surface area (Å²) in [5.41, 5.74) is 1.55. The van der Waals surface area contributed by atoms with E-state index in [9.17, 15) is 27.2 Å². The van der Waals surface area contributed by atoms with Crippen LogP contribution in [0.3, 0.4) is 0 Å². The van der Waals surface area contributed by atoms with Crippen molar-refractivity contribution in [3.8, 4) is 6.07 Å². The molecule has 2 amide bonds. The van der Waals surface area contributed by atoms with Crippen LogP contribution in [-0.2, 0) is 15.7 Å². The van der Waals surface area contributed by atoms with Gasteiger partial charge in [-0.2, -0.15) is 18.4 Å². The van der Waals surface area contributed by atoms with Gasteiger partial charge in [0.15, 0.2) is 10.7 Å². The molecular formula is C22H16F4N4O3S. The highest BCUT2D eigenvalue weighted by Crippen LogP contribution is 2.44.